The summed E-state index contributed by atoms with van der Waals surface area (Å²) in [5.41, 5.74) is 0.435. The second kappa shape index (κ2) is 7.01. The zero-order valence-corrected chi connectivity index (χ0v) is 13.8. The molecule has 0 unspecified atom stereocenters. The number of rotatable bonds is 3. The van der Waals surface area contributed by atoms with Crippen molar-refractivity contribution < 1.29 is 9.59 Å². The zero-order valence-electron chi connectivity index (χ0n) is 13.8. The summed E-state index contributed by atoms with van der Waals surface area (Å²) < 4.78 is 0. The Hall–Kier alpha value is -1.06. The van der Waals surface area contributed by atoms with E-state index in [1.54, 1.807) is 0 Å². The Morgan fingerprint density at radius 2 is 1.27 bits per heavy atom. The summed E-state index contributed by atoms with van der Waals surface area (Å²) in [7, 11) is 0. The maximum atomic E-state index is 12.4. The molecule has 0 bridgehead atoms. The smallest absolute Gasteiger partial charge is 0.223 e. The van der Waals surface area contributed by atoms with Gasteiger partial charge in [0.15, 0.2) is 0 Å². The van der Waals surface area contributed by atoms with Gasteiger partial charge in [0.1, 0.15) is 0 Å². The summed E-state index contributed by atoms with van der Waals surface area (Å²) in [4.78, 5) is 28.7. The molecule has 1 spiro atoms. The van der Waals surface area contributed by atoms with Gasteiger partial charge in [-0.2, -0.15) is 0 Å². The molecule has 2 heterocycles. The van der Waals surface area contributed by atoms with Crippen LogP contribution >= 0.6 is 0 Å². The molecular formula is C18H30N2O2. The van der Waals surface area contributed by atoms with Crippen LogP contribution in [0.15, 0.2) is 0 Å². The van der Waals surface area contributed by atoms with Crippen LogP contribution < -0.4 is 0 Å². The molecule has 0 aromatic carbocycles. The standard InChI is InChI=1S/C18H30N2O2/c21-16(19-12-5-1-2-6-13-19)7-8-17(22)20-14-11-18(15-20)9-3-4-10-18/h1-15H2. The molecular weight excluding hydrogens is 276 g/mol. The van der Waals surface area contributed by atoms with Gasteiger partial charge in [-0.15, -0.1) is 0 Å². The molecule has 3 rings (SSSR count). The summed E-state index contributed by atoms with van der Waals surface area (Å²) in [6.45, 7) is 3.64. The van der Waals surface area contributed by atoms with E-state index in [2.05, 4.69) is 0 Å². The molecule has 2 amide bonds. The predicted molar refractivity (Wildman–Crippen MR) is 86.4 cm³/mol. The van der Waals surface area contributed by atoms with Crippen LogP contribution in [0.5, 0.6) is 0 Å². The second-order valence-corrected chi connectivity index (χ2v) is 7.57. The molecule has 4 heteroatoms. The fraction of sp³-hybridized carbons (Fsp3) is 0.889. The first kappa shape index (κ1) is 15.8. The predicted octanol–water partition coefficient (Wildman–Crippen LogP) is 2.96. The van der Waals surface area contributed by atoms with Gasteiger partial charge in [0.25, 0.3) is 0 Å². The Kier molecular flexibility index (Phi) is 5.04. The van der Waals surface area contributed by atoms with Crippen LogP contribution in [0, 0.1) is 5.41 Å². The molecule has 0 aromatic heterocycles. The minimum atomic E-state index is 0.185. The summed E-state index contributed by atoms with van der Waals surface area (Å²) >= 11 is 0. The van der Waals surface area contributed by atoms with Crippen LogP contribution in [0.1, 0.15) is 70.6 Å². The van der Waals surface area contributed by atoms with Crippen molar-refractivity contribution >= 4 is 11.8 Å². The van der Waals surface area contributed by atoms with Crippen molar-refractivity contribution in [2.45, 2.75) is 70.6 Å². The lowest BCUT2D eigenvalue weighted by Crippen LogP contribution is -2.34. The average molecular weight is 306 g/mol. The number of nitrogens with zero attached hydrogens (tertiary/aromatic N) is 2. The van der Waals surface area contributed by atoms with Crippen molar-refractivity contribution in [3.8, 4) is 0 Å². The minimum Gasteiger partial charge on any atom is -0.343 e. The highest BCUT2D eigenvalue weighted by Gasteiger charge is 2.41. The monoisotopic (exact) mass is 306 g/mol. The molecule has 0 atom stereocenters. The quantitative estimate of drug-likeness (QED) is 0.804. The molecule has 1 aliphatic carbocycles. The molecule has 2 aliphatic heterocycles. The average Bonchev–Trinajstić information content (AvgIpc) is 3.07. The van der Waals surface area contributed by atoms with Gasteiger partial charge in [-0.25, -0.2) is 0 Å². The highest BCUT2D eigenvalue weighted by Crippen LogP contribution is 2.45. The van der Waals surface area contributed by atoms with Crippen LogP contribution in [0.3, 0.4) is 0 Å². The topological polar surface area (TPSA) is 40.6 Å². The minimum absolute atomic E-state index is 0.185. The van der Waals surface area contributed by atoms with E-state index >= 15 is 0 Å². The lowest BCUT2D eigenvalue weighted by Gasteiger charge is -2.24. The van der Waals surface area contributed by atoms with Gasteiger partial charge in [0, 0.05) is 39.0 Å². The molecule has 4 nitrogen and oxygen atoms in total. The number of carbonyl (C=O) groups is 2. The van der Waals surface area contributed by atoms with E-state index in [1.165, 1.54) is 44.9 Å². The summed E-state index contributed by atoms with van der Waals surface area (Å²) in [6, 6.07) is 0. The molecule has 22 heavy (non-hydrogen) atoms. The van der Waals surface area contributed by atoms with E-state index in [0.29, 0.717) is 18.3 Å². The highest BCUT2D eigenvalue weighted by atomic mass is 16.2. The van der Waals surface area contributed by atoms with Crippen LogP contribution in [0.2, 0.25) is 0 Å². The number of likely N-dealkylation sites (tertiary alicyclic amines) is 2. The molecule has 0 aromatic rings. The Bertz CT molecular complexity index is 407. The van der Waals surface area contributed by atoms with Gasteiger partial charge in [-0.3, -0.25) is 9.59 Å². The number of hydrogen-bond donors (Lipinski definition) is 0. The van der Waals surface area contributed by atoms with Crippen LogP contribution in [-0.4, -0.2) is 47.8 Å². The van der Waals surface area contributed by atoms with Crippen LogP contribution in [0.4, 0.5) is 0 Å². The highest BCUT2D eigenvalue weighted by molar-refractivity contribution is 5.84. The maximum absolute atomic E-state index is 12.4. The lowest BCUT2D eigenvalue weighted by molar-refractivity contribution is -0.136. The maximum Gasteiger partial charge on any atom is 0.223 e. The largest absolute Gasteiger partial charge is 0.343 e. The van der Waals surface area contributed by atoms with Crippen molar-refractivity contribution in [1.82, 2.24) is 9.80 Å². The van der Waals surface area contributed by atoms with Crippen molar-refractivity contribution in [3.63, 3.8) is 0 Å². The normalized spacial score (nSPS) is 24.7. The third-order valence-corrected chi connectivity index (χ3v) is 5.97. The number of hydrogen-bond acceptors (Lipinski definition) is 2. The van der Waals surface area contributed by atoms with E-state index in [1.807, 2.05) is 9.80 Å². The summed E-state index contributed by atoms with van der Waals surface area (Å²) in [5, 5.41) is 0. The van der Waals surface area contributed by atoms with Crippen molar-refractivity contribution in [3.05, 3.63) is 0 Å². The van der Waals surface area contributed by atoms with Gasteiger partial charge in [0.05, 0.1) is 0 Å². The Morgan fingerprint density at radius 3 is 1.91 bits per heavy atom. The second-order valence-electron chi connectivity index (χ2n) is 7.57. The molecule has 0 N–H and O–H groups in total. The Balaban J connectivity index is 1.43. The third-order valence-electron chi connectivity index (χ3n) is 5.97. The van der Waals surface area contributed by atoms with E-state index in [0.717, 1.165) is 39.0 Å². The Labute approximate surface area is 134 Å². The molecule has 0 radical (unpaired) electrons. The van der Waals surface area contributed by atoms with Gasteiger partial charge in [0.2, 0.25) is 11.8 Å². The zero-order chi connectivity index (χ0) is 15.4. The van der Waals surface area contributed by atoms with Gasteiger partial charge >= 0.3 is 0 Å². The van der Waals surface area contributed by atoms with E-state index in [9.17, 15) is 9.59 Å². The lowest BCUT2D eigenvalue weighted by atomic mass is 9.86. The first-order valence-corrected chi connectivity index (χ1v) is 9.24. The summed E-state index contributed by atoms with van der Waals surface area (Å²) in [5.74, 6) is 0.386. The number of carbonyl (C=O) groups excluding carboxylic acids is 2. The fourth-order valence-electron chi connectivity index (χ4n) is 4.53. The Morgan fingerprint density at radius 1 is 0.682 bits per heavy atom. The molecule has 124 valence electrons. The van der Waals surface area contributed by atoms with Gasteiger partial charge < -0.3 is 9.80 Å². The van der Waals surface area contributed by atoms with E-state index < -0.39 is 0 Å². The van der Waals surface area contributed by atoms with Crippen LogP contribution in [0.25, 0.3) is 0 Å². The molecule has 3 fully saturated rings. The number of amides is 2. The van der Waals surface area contributed by atoms with Gasteiger partial charge in [-0.1, -0.05) is 25.7 Å². The molecule has 3 aliphatic rings. The van der Waals surface area contributed by atoms with Crippen molar-refractivity contribution in [1.29, 1.82) is 0 Å². The summed E-state index contributed by atoms with van der Waals surface area (Å²) in [6.07, 6.45) is 11.9. The fourth-order valence-corrected chi connectivity index (χ4v) is 4.53. The van der Waals surface area contributed by atoms with Crippen molar-refractivity contribution in [2.24, 2.45) is 5.41 Å². The SMILES string of the molecule is O=C(CCC(=O)N1CCC2(CCCC2)C1)N1CCCCCC1. The molecule has 1 saturated carbocycles. The van der Waals surface area contributed by atoms with E-state index in [4.69, 9.17) is 0 Å². The first-order chi connectivity index (χ1) is 10.7. The van der Waals surface area contributed by atoms with Crippen LogP contribution in [-0.2, 0) is 9.59 Å². The van der Waals surface area contributed by atoms with Gasteiger partial charge in [-0.05, 0) is 37.5 Å². The third kappa shape index (κ3) is 3.64. The van der Waals surface area contributed by atoms with Crippen molar-refractivity contribution in [2.75, 3.05) is 26.2 Å². The molecule has 2 saturated heterocycles. The van der Waals surface area contributed by atoms with E-state index in [-0.39, 0.29) is 11.8 Å². The first-order valence-electron chi connectivity index (χ1n) is 9.24.